The molecule has 4 fully saturated rings. The molecule has 0 aliphatic carbocycles. The summed E-state index contributed by atoms with van der Waals surface area (Å²) < 4.78 is 0. The minimum Gasteiger partial charge on any atom is -0.309 e. The van der Waals surface area contributed by atoms with Gasteiger partial charge in [0.05, 0.1) is 0 Å². The summed E-state index contributed by atoms with van der Waals surface area (Å²) in [4.78, 5) is 69.3. The first-order valence-electron chi connectivity index (χ1n) is 41.3. The molecular formula is C96H128N8O4. The number of amides is 4. The second kappa shape index (κ2) is 45.5. The molecular weight excluding hydrogens is 1330 g/mol. The zero-order chi connectivity index (χ0) is 76.2. The number of hydrogen-bond acceptors (Lipinski definition) is 8. The molecule has 8 aromatic carbocycles. The lowest BCUT2D eigenvalue weighted by Gasteiger charge is -2.40. The lowest BCUT2D eigenvalue weighted by molar-refractivity contribution is -0.119. The number of anilines is 4. The normalized spacial score (nSPS) is 18.8. The van der Waals surface area contributed by atoms with Crippen molar-refractivity contribution in [2.75, 3.05) is 98.1 Å². The highest BCUT2D eigenvalue weighted by atomic mass is 16.2. The van der Waals surface area contributed by atoms with Gasteiger partial charge in [0.15, 0.2) is 0 Å². The molecule has 0 aromatic heterocycles. The Kier molecular flexibility index (Phi) is 35.2. The average molecular weight is 1460 g/mol. The molecule has 12 rings (SSSR count). The van der Waals surface area contributed by atoms with Crippen molar-refractivity contribution >= 4 is 46.4 Å². The summed E-state index contributed by atoms with van der Waals surface area (Å²) in [7, 11) is 0. The van der Waals surface area contributed by atoms with Crippen molar-refractivity contribution in [3.05, 3.63) is 265 Å². The summed E-state index contributed by atoms with van der Waals surface area (Å²) in [6.45, 7) is 30.1. The van der Waals surface area contributed by atoms with E-state index in [0.29, 0.717) is 49.4 Å². The monoisotopic (exact) mass is 1460 g/mol. The van der Waals surface area contributed by atoms with Crippen LogP contribution in [0.25, 0.3) is 0 Å². The standard InChI is InChI=1S/4C24H32N2O/c4*1-3-24(27)26(23-14-8-5-9-15-23)20(2)22-13-10-17-25(19-22)18-16-21-11-6-4-7-12-21/h4*4-9,11-12,14-15,20,22H,3,10,13,16-19H2,1-2H3/t2*20-,22+;2*20-,22-/m1010/s1. The summed E-state index contributed by atoms with van der Waals surface area (Å²) in [5.74, 6) is 2.95. The molecule has 4 saturated heterocycles. The molecule has 0 N–H and O–H groups in total. The highest BCUT2D eigenvalue weighted by Crippen LogP contribution is 2.33. The van der Waals surface area contributed by atoms with Crippen molar-refractivity contribution in [1.82, 2.24) is 19.6 Å². The Labute approximate surface area is 650 Å². The Balaban J connectivity index is 0.000000166. The molecule has 576 valence electrons. The Bertz CT molecular complexity index is 3300. The van der Waals surface area contributed by atoms with Crippen molar-refractivity contribution < 1.29 is 19.2 Å². The van der Waals surface area contributed by atoms with E-state index in [1.807, 2.05) is 120 Å². The molecule has 8 atom stereocenters. The van der Waals surface area contributed by atoms with Crippen LogP contribution in [0, 0.1) is 23.7 Å². The van der Waals surface area contributed by atoms with Crippen LogP contribution in [0.15, 0.2) is 243 Å². The number of nitrogens with zero attached hydrogens (tertiary/aromatic N) is 8. The van der Waals surface area contributed by atoms with Gasteiger partial charge in [-0.05, 0) is 225 Å². The molecule has 12 heteroatoms. The smallest absolute Gasteiger partial charge is 0.226 e. The minimum atomic E-state index is 0.218. The minimum absolute atomic E-state index is 0.218. The maximum Gasteiger partial charge on any atom is 0.226 e. The second-order valence-electron chi connectivity index (χ2n) is 30.5. The van der Waals surface area contributed by atoms with Gasteiger partial charge in [0.1, 0.15) is 0 Å². The summed E-state index contributed by atoms with van der Waals surface area (Å²) in [5.41, 5.74) is 9.71. The molecule has 4 amide bonds. The van der Waals surface area contributed by atoms with E-state index in [0.717, 1.165) is 101 Å². The molecule has 0 saturated carbocycles. The maximum atomic E-state index is 12.7. The molecule has 108 heavy (non-hydrogen) atoms. The SMILES string of the molecule is CCC(=O)N(c1ccccc1)[C@@H](C)[C@@H]1CCCN(CCc2ccccc2)C1.CCC(=O)N(c1ccccc1)[C@@H](C)[C@H]1CCCN(CCc2ccccc2)C1.CCC(=O)N(c1ccccc1)[C@H](C)[C@@H]1CCCN(CCc2ccccc2)C1.CCC(=O)N(c1ccccc1)[C@H](C)[C@H]1CCCN(CCc2ccccc2)C1. The van der Waals surface area contributed by atoms with Crippen LogP contribution in [0.3, 0.4) is 0 Å². The van der Waals surface area contributed by atoms with E-state index >= 15 is 0 Å². The van der Waals surface area contributed by atoms with Gasteiger partial charge in [-0.1, -0.05) is 222 Å². The van der Waals surface area contributed by atoms with E-state index in [2.05, 4.69) is 217 Å². The van der Waals surface area contributed by atoms with Crippen LogP contribution in [-0.2, 0) is 44.9 Å². The first-order valence-corrected chi connectivity index (χ1v) is 41.3. The molecule has 4 aliphatic rings. The first kappa shape index (κ1) is 83.5. The largest absolute Gasteiger partial charge is 0.309 e. The van der Waals surface area contributed by atoms with Crippen molar-refractivity contribution in [3.63, 3.8) is 0 Å². The average Bonchev–Trinajstić information content (AvgIpc) is 0.838. The molecule has 4 aliphatic heterocycles. The van der Waals surface area contributed by atoms with Crippen LogP contribution in [0.5, 0.6) is 0 Å². The van der Waals surface area contributed by atoms with Crippen molar-refractivity contribution in [2.24, 2.45) is 23.7 Å². The molecule has 4 heterocycles. The maximum absolute atomic E-state index is 12.7. The predicted octanol–water partition coefficient (Wildman–Crippen LogP) is 19.1. The van der Waals surface area contributed by atoms with Crippen molar-refractivity contribution in [2.45, 2.75) is 182 Å². The number of carbonyl (C=O) groups excluding carboxylic acids is 4. The first-order chi connectivity index (χ1) is 52.7. The van der Waals surface area contributed by atoms with Gasteiger partial charge in [-0.25, -0.2) is 0 Å². The molecule has 0 bridgehead atoms. The van der Waals surface area contributed by atoms with Crippen LogP contribution in [0.1, 0.15) is 155 Å². The fourth-order valence-corrected chi connectivity index (χ4v) is 16.8. The van der Waals surface area contributed by atoms with Crippen LogP contribution < -0.4 is 19.6 Å². The van der Waals surface area contributed by atoms with Crippen LogP contribution in [0.2, 0.25) is 0 Å². The number of hydrogen-bond donors (Lipinski definition) is 0. The number of para-hydroxylation sites is 4. The summed E-state index contributed by atoms with van der Waals surface area (Å²) in [6, 6.07) is 84.4. The molecule has 12 nitrogen and oxygen atoms in total. The van der Waals surface area contributed by atoms with Gasteiger partial charge in [-0.3, -0.25) is 19.2 Å². The predicted molar refractivity (Wildman–Crippen MR) is 452 cm³/mol. The highest BCUT2D eigenvalue weighted by Gasteiger charge is 2.36. The van der Waals surface area contributed by atoms with Gasteiger partial charge in [0, 0.05) is 125 Å². The quantitative estimate of drug-likeness (QED) is 0.0479. The second-order valence-corrected chi connectivity index (χ2v) is 30.5. The molecule has 0 spiro atoms. The number of piperidine rings is 4. The van der Waals surface area contributed by atoms with Crippen molar-refractivity contribution in [3.8, 4) is 0 Å². The highest BCUT2D eigenvalue weighted by molar-refractivity contribution is 5.95. The van der Waals surface area contributed by atoms with Crippen LogP contribution >= 0.6 is 0 Å². The Morgan fingerprint density at radius 1 is 0.278 bits per heavy atom. The van der Waals surface area contributed by atoms with Gasteiger partial charge in [-0.2, -0.15) is 0 Å². The fraction of sp³-hybridized carbons (Fsp3) is 0.458. The molecule has 0 radical (unpaired) electrons. The zero-order valence-electron chi connectivity index (χ0n) is 66.7. The topological polar surface area (TPSA) is 94.2 Å². The Morgan fingerprint density at radius 2 is 0.444 bits per heavy atom. The number of likely N-dealkylation sites (tertiary alicyclic amines) is 4. The summed E-state index contributed by atoms with van der Waals surface area (Å²) in [6.07, 6.45) is 16.2. The van der Waals surface area contributed by atoms with Crippen LogP contribution in [-0.4, -0.2) is 146 Å². The molecule has 8 aromatic rings. The lowest BCUT2D eigenvalue weighted by atomic mass is 9.89. The number of carbonyl (C=O) groups is 4. The van der Waals surface area contributed by atoms with Gasteiger partial charge < -0.3 is 39.2 Å². The van der Waals surface area contributed by atoms with E-state index in [4.69, 9.17) is 0 Å². The van der Waals surface area contributed by atoms with E-state index in [1.165, 1.54) is 99.8 Å². The number of benzene rings is 8. The third kappa shape index (κ3) is 25.8. The van der Waals surface area contributed by atoms with Crippen molar-refractivity contribution in [1.29, 1.82) is 0 Å². The molecule has 0 unspecified atom stereocenters. The number of rotatable bonds is 28. The van der Waals surface area contributed by atoms with E-state index in [1.54, 1.807) is 0 Å². The van der Waals surface area contributed by atoms with E-state index < -0.39 is 0 Å². The fourth-order valence-electron chi connectivity index (χ4n) is 16.8. The van der Waals surface area contributed by atoms with E-state index in [-0.39, 0.29) is 47.8 Å². The van der Waals surface area contributed by atoms with Gasteiger partial charge in [-0.15, -0.1) is 0 Å². The van der Waals surface area contributed by atoms with Gasteiger partial charge in [0.2, 0.25) is 23.6 Å². The summed E-state index contributed by atoms with van der Waals surface area (Å²) in [5, 5.41) is 0. The van der Waals surface area contributed by atoms with Crippen LogP contribution in [0.4, 0.5) is 22.7 Å². The summed E-state index contributed by atoms with van der Waals surface area (Å²) >= 11 is 0. The van der Waals surface area contributed by atoms with Gasteiger partial charge in [0.25, 0.3) is 0 Å². The third-order valence-corrected chi connectivity index (χ3v) is 23.2. The third-order valence-electron chi connectivity index (χ3n) is 23.2. The zero-order valence-corrected chi connectivity index (χ0v) is 66.7. The van der Waals surface area contributed by atoms with E-state index in [9.17, 15) is 19.2 Å². The Morgan fingerprint density at radius 3 is 0.611 bits per heavy atom. The lowest BCUT2D eigenvalue weighted by Crippen LogP contribution is -2.49. The van der Waals surface area contributed by atoms with Gasteiger partial charge >= 0.3 is 0 Å². The Hall–Kier alpha value is -8.52.